The number of ether oxygens (including phenoxy) is 2. The molecule has 0 atom stereocenters. The van der Waals surface area contributed by atoms with Crippen LogP contribution in [0.15, 0.2) is 12.1 Å². The van der Waals surface area contributed by atoms with Crippen molar-refractivity contribution in [2.24, 2.45) is 0 Å². The van der Waals surface area contributed by atoms with Crippen molar-refractivity contribution in [2.45, 2.75) is 25.9 Å². The minimum Gasteiger partial charge on any atom is -0.495 e. The lowest BCUT2D eigenvalue weighted by atomic mass is 9.82. The van der Waals surface area contributed by atoms with Gasteiger partial charge in [0.15, 0.2) is 0 Å². The predicted molar refractivity (Wildman–Crippen MR) is 68.8 cm³/mol. The first-order valence-corrected chi connectivity index (χ1v) is 5.80. The van der Waals surface area contributed by atoms with Gasteiger partial charge in [-0.15, -0.1) is 0 Å². The minimum atomic E-state index is -0.357. The fourth-order valence-electron chi connectivity index (χ4n) is 1.74. The molecular formula is C13H19ClO3. The molecule has 0 aliphatic carbocycles. The first kappa shape index (κ1) is 14.3. The molecule has 0 fully saturated rings. The summed E-state index contributed by atoms with van der Waals surface area (Å²) in [7, 11) is 3.21. The van der Waals surface area contributed by atoms with Crippen molar-refractivity contribution in [1.29, 1.82) is 0 Å². The van der Waals surface area contributed by atoms with E-state index in [1.807, 2.05) is 26.0 Å². The molecule has 0 heterocycles. The lowest BCUT2D eigenvalue weighted by Crippen LogP contribution is -2.24. The lowest BCUT2D eigenvalue weighted by Gasteiger charge is -2.26. The topological polar surface area (TPSA) is 38.7 Å². The Labute approximate surface area is 107 Å². The molecule has 0 saturated heterocycles. The van der Waals surface area contributed by atoms with Gasteiger partial charge in [-0.25, -0.2) is 0 Å². The van der Waals surface area contributed by atoms with Crippen molar-refractivity contribution in [1.82, 2.24) is 0 Å². The van der Waals surface area contributed by atoms with E-state index in [0.29, 0.717) is 17.4 Å². The van der Waals surface area contributed by atoms with Gasteiger partial charge in [0.05, 0.1) is 25.3 Å². The fourth-order valence-corrected chi connectivity index (χ4v) is 1.98. The third kappa shape index (κ3) is 3.12. The smallest absolute Gasteiger partial charge is 0.137 e. The molecule has 1 N–H and O–H groups in total. The summed E-state index contributed by atoms with van der Waals surface area (Å²) in [4.78, 5) is 0. The number of hydrogen-bond donors (Lipinski definition) is 1. The van der Waals surface area contributed by atoms with E-state index in [-0.39, 0.29) is 12.0 Å². The molecule has 0 aliphatic heterocycles. The van der Waals surface area contributed by atoms with E-state index in [9.17, 15) is 5.11 Å². The van der Waals surface area contributed by atoms with Gasteiger partial charge in [0.1, 0.15) is 5.75 Å². The van der Waals surface area contributed by atoms with Crippen LogP contribution >= 0.6 is 11.6 Å². The Balaban J connectivity index is 3.32. The first-order chi connectivity index (χ1) is 7.96. The van der Waals surface area contributed by atoms with E-state index in [4.69, 9.17) is 21.1 Å². The van der Waals surface area contributed by atoms with Crippen LogP contribution in [0.1, 0.15) is 25.0 Å². The van der Waals surface area contributed by atoms with Gasteiger partial charge >= 0.3 is 0 Å². The zero-order chi connectivity index (χ0) is 13.1. The quantitative estimate of drug-likeness (QED) is 0.883. The number of benzene rings is 1. The molecule has 0 aliphatic rings. The number of hydrogen-bond acceptors (Lipinski definition) is 3. The van der Waals surface area contributed by atoms with Crippen LogP contribution in [0, 0.1) is 0 Å². The normalized spacial score (nSPS) is 11.6. The molecular weight excluding hydrogens is 240 g/mol. The standard InChI is InChI=1S/C13H19ClO3/c1-13(2,8-15)10-6-11(14)12(17-4)5-9(10)7-16-3/h5-6,15H,7-8H2,1-4H3. The summed E-state index contributed by atoms with van der Waals surface area (Å²) in [6.07, 6.45) is 0. The van der Waals surface area contributed by atoms with Crippen LogP contribution in [-0.2, 0) is 16.8 Å². The molecule has 4 heteroatoms. The second kappa shape index (κ2) is 5.71. The predicted octanol–water partition coefficient (Wildman–Crippen LogP) is 2.76. The molecule has 0 aromatic heterocycles. The SMILES string of the molecule is COCc1cc(OC)c(Cl)cc1C(C)(C)CO. The molecule has 3 nitrogen and oxygen atoms in total. The maximum atomic E-state index is 9.44. The highest BCUT2D eigenvalue weighted by Gasteiger charge is 2.24. The Hall–Kier alpha value is -0.770. The van der Waals surface area contributed by atoms with Gasteiger partial charge in [0.2, 0.25) is 0 Å². The summed E-state index contributed by atoms with van der Waals surface area (Å²) >= 11 is 6.12. The van der Waals surface area contributed by atoms with Gasteiger partial charge in [0.25, 0.3) is 0 Å². The van der Waals surface area contributed by atoms with Gasteiger partial charge in [-0.3, -0.25) is 0 Å². The number of aliphatic hydroxyl groups is 1. The van der Waals surface area contributed by atoms with Crippen molar-refractivity contribution in [3.8, 4) is 5.75 Å². The number of rotatable bonds is 5. The van der Waals surface area contributed by atoms with Crippen LogP contribution in [0.2, 0.25) is 5.02 Å². The van der Waals surface area contributed by atoms with Crippen LogP contribution in [0.5, 0.6) is 5.75 Å². The van der Waals surface area contributed by atoms with Crippen molar-refractivity contribution in [3.05, 3.63) is 28.3 Å². The molecule has 0 radical (unpaired) electrons. The second-order valence-corrected chi connectivity index (χ2v) is 5.03. The Morgan fingerprint density at radius 3 is 2.41 bits per heavy atom. The third-order valence-corrected chi connectivity index (χ3v) is 3.10. The molecule has 96 valence electrons. The zero-order valence-electron chi connectivity index (χ0n) is 10.7. The zero-order valence-corrected chi connectivity index (χ0v) is 11.5. The van der Waals surface area contributed by atoms with Crippen LogP contribution in [0.4, 0.5) is 0 Å². The molecule has 1 rings (SSSR count). The van der Waals surface area contributed by atoms with E-state index >= 15 is 0 Å². The van der Waals surface area contributed by atoms with Gasteiger partial charge in [-0.05, 0) is 23.3 Å². The maximum Gasteiger partial charge on any atom is 0.137 e. The van der Waals surface area contributed by atoms with Crippen LogP contribution < -0.4 is 4.74 Å². The van der Waals surface area contributed by atoms with Gasteiger partial charge in [-0.1, -0.05) is 25.4 Å². The Morgan fingerprint density at radius 1 is 1.29 bits per heavy atom. The first-order valence-electron chi connectivity index (χ1n) is 5.43. The largest absolute Gasteiger partial charge is 0.495 e. The van der Waals surface area contributed by atoms with E-state index in [0.717, 1.165) is 11.1 Å². The van der Waals surface area contributed by atoms with Gasteiger partial charge in [0, 0.05) is 12.5 Å². The van der Waals surface area contributed by atoms with E-state index in [1.54, 1.807) is 14.2 Å². The summed E-state index contributed by atoms with van der Waals surface area (Å²) in [6, 6.07) is 3.70. The average molecular weight is 259 g/mol. The summed E-state index contributed by atoms with van der Waals surface area (Å²) in [5, 5.41) is 9.99. The monoisotopic (exact) mass is 258 g/mol. The maximum absolute atomic E-state index is 9.44. The summed E-state index contributed by atoms with van der Waals surface area (Å²) in [5.74, 6) is 0.621. The second-order valence-electron chi connectivity index (χ2n) is 4.62. The summed E-state index contributed by atoms with van der Waals surface area (Å²) in [6.45, 7) is 4.44. The summed E-state index contributed by atoms with van der Waals surface area (Å²) < 4.78 is 10.4. The molecule has 1 aromatic carbocycles. The van der Waals surface area contributed by atoms with E-state index in [2.05, 4.69) is 0 Å². The van der Waals surface area contributed by atoms with Crippen molar-refractivity contribution in [3.63, 3.8) is 0 Å². The summed E-state index contributed by atoms with van der Waals surface area (Å²) in [5.41, 5.74) is 1.60. The van der Waals surface area contributed by atoms with Crippen molar-refractivity contribution >= 4 is 11.6 Å². The highest BCUT2D eigenvalue weighted by molar-refractivity contribution is 6.32. The number of methoxy groups -OCH3 is 2. The van der Waals surface area contributed by atoms with E-state index < -0.39 is 0 Å². The van der Waals surface area contributed by atoms with E-state index in [1.165, 1.54) is 0 Å². The molecule has 0 bridgehead atoms. The fraction of sp³-hybridized carbons (Fsp3) is 0.538. The molecule has 0 amide bonds. The minimum absolute atomic E-state index is 0.0480. The average Bonchev–Trinajstić information content (AvgIpc) is 2.31. The van der Waals surface area contributed by atoms with Crippen LogP contribution in [0.25, 0.3) is 0 Å². The molecule has 1 aromatic rings. The van der Waals surface area contributed by atoms with Crippen LogP contribution in [0.3, 0.4) is 0 Å². The third-order valence-electron chi connectivity index (χ3n) is 2.80. The highest BCUT2D eigenvalue weighted by Crippen LogP contribution is 2.34. The Bertz CT molecular complexity index is 388. The lowest BCUT2D eigenvalue weighted by molar-refractivity contribution is 0.178. The van der Waals surface area contributed by atoms with Crippen LogP contribution in [-0.4, -0.2) is 25.9 Å². The molecule has 0 spiro atoms. The number of halogens is 1. The van der Waals surface area contributed by atoms with Crippen molar-refractivity contribution < 1.29 is 14.6 Å². The highest BCUT2D eigenvalue weighted by atomic mass is 35.5. The molecule has 17 heavy (non-hydrogen) atoms. The molecule has 0 saturated carbocycles. The Morgan fingerprint density at radius 2 is 1.94 bits per heavy atom. The van der Waals surface area contributed by atoms with Gasteiger partial charge in [-0.2, -0.15) is 0 Å². The number of aliphatic hydroxyl groups excluding tert-OH is 1. The van der Waals surface area contributed by atoms with Gasteiger partial charge < -0.3 is 14.6 Å². The van der Waals surface area contributed by atoms with Crippen molar-refractivity contribution in [2.75, 3.05) is 20.8 Å². The molecule has 0 unspecified atom stereocenters. The Kier molecular flexibility index (Phi) is 4.80.